The maximum absolute atomic E-state index is 11.6. The predicted octanol–water partition coefficient (Wildman–Crippen LogP) is 2.61. The predicted molar refractivity (Wildman–Crippen MR) is 67.9 cm³/mol. The Labute approximate surface area is 104 Å². The number of carbonyl (C=O) groups is 1. The zero-order valence-electron chi connectivity index (χ0n) is 11.2. The van der Waals surface area contributed by atoms with Gasteiger partial charge in [-0.2, -0.15) is 0 Å². The molecule has 0 aromatic carbocycles. The molecule has 0 radical (unpaired) electrons. The van der Waals surface area contributed by atoms with Crippen LogP contribution < -0.4 is 0 Å². The molecule has 0 amide bonds. The number of rotatable bonds is 4. The summed E-state index contributed by atoms with van der Waals surface area (Å²) in [6, 6.07) is 0.219. The highest BCUT2D eigenvalue weighted by Crippen LogP contribution is 2.44. The Balaban J connectivity index is 2.19. The molecule has 1 saturated carbocycles. The van der Waals surface area contributed by atoms with E-state index in [1.165, 1.54) is 12.8 Å². The summed E-state index contributed by atoms with van der Waals surface area (Å²) in [6.07, 6.45) is 4.64. The maximum Gasteiger partial charge on any atom is 0.321 e. The fourth-order valence-electron chi connectivity index (χ4n) is 4.09. The van der Waals surface area contributed by atoms with Gasteiger partial charge in [-0.15, -0.1) is 0 Å². The summed E-state index contributed by atoms with van der Waals surface area (Å²) in [5, 5.41) is 9.52. The molecule has 4 atom stereocenters. The van der Waals surface area contributed by atoms with E-state index in [4.69, 9.17) is 0 Å². The monoisotopic (exact) mass is 239 g/mol. The summed E-state index contributed by atoms with van der Waals surface area (Å²) >= 11 is 0. The van der Waals surface area contributed by atoms with Crippen molar-refractivity contribution in [2.45, 2.75) is 58.5 Å². The summed E-state index contributed by atoms with van der Waals surface area (Å²) in [5.41, 5.74) is 0. The molecular formula is C14H25NO2. The van der Waals surface area contributed by atoms with Gasteiger partial charge in [0.05, 0.1) is 0 Å². The lowest BCUT2D eigenvalue weighted by Crippen LogP contribution is -2.47. The van der Waals surface area contributed by atoms with Crippen LogP contribution in [0.15, 0.2) is 0 Å². The third kappa shape index (κ3) is 2.22. The quantitative estimate of drug-likeness (QED) is 0.820. The average Bonchev–Trinajstić information content (AvgIpc) is 2.76. The Morgan fingerprint density at radius 1 is 1.41 bits per heavy atom. The van der Waals surface area contributed by atoms with E-state index < -0.39 is 5.97 Å². The van der Waals surface area contributed by atoms with Gasteiger partial charge in [-0.1, -0.05) is 27.2 Å². The minimum atomic E-state index is -0.599. The lowest BCUT2D eigenvalue weighted by atomic mass is 9.93. The molecule has 2 aliphatic rings. The molecule has 1 aliphatic heterocycles. The first kappa shape index (κ1) is 12.9. The van der Waals surface area contributed by atoms with Crippen LogP contribution in [0.3, 0.4) is 0 Å². The fourth-order valence-corrected chi connectivity index (χ4v) is 4.09. The van der Waals surface area contributed by atoms with Gasteiger partial charge in [0.15, 0.2) is 0 Å². The van der Waals surface area contributed by atoms with Crippen molar-refractivity contribution in [3.05, 3.63) is 0 Å². The molecule has 1 aliphatic carbocycles. The maximum atomic E-state index is 11.6. The van der Waals surface area contributed by atoms with Crippen molar-refractivity contribution >= 4 is 5.97 Å². The van der Waals surface area contributed by atoms with Crippen LogP contribution in [0.4, 0.5) is 0 Å². The van der Waals surface area contributed by atoms with Gasteiger partial charge in [-0.25, -0.2) is 0 Å². The fraction of sp³-hybridized carbons (Fsp3) is 0.929. The first-order chi connectivity index (χ1) is 8.06. The molecule has 1 N–H and O–H groups in total. The van der Waals surface area contributed by atoms with Crippen LogP contribution >= 0.6 is 0 Å². The normalized spacial score (nSPS) is 35.2. The molecule has 3 nitrogen and oxygen atoms in total. The van der Waals surface area contributed by atoms with Crippen molar-refractivity contribution in [2.75, 3.05) is 6.54 Å². The van der Waals surface area contributed by atoms with E-state index in [-0.39, 0.29) is 6.04 Å². The van der Waals surface area contributed by atoms with Gasteiger partial charge in [0, 0.05) is 12.6 Å². The third-order valence-electron chi connectivity index (χ3n) is 4.79. The molecule has 0 bridgehead atoms. The molecule has 1 saturated heterocycles. The number of nitrogens with zero attached hydrogens (tertiary/aromatic N) is 1. The highest BCUT2D eigenvalue weighted by Gasteiger charge is 2.49. The first-order valence-corrected chi connectivity index (χ1v) is 7.04. The Kier molecular flexibility index (Phi) is 3.76. The van der Waals surface area contributed by atoms with Gasteiger partial charge in [-0.05, 0) is 37.0 Å². The second kappa shape index (κ2) is 4.97. The highest BCUT2D eigenvalue weighted by molar-refractivity contribution is 5.74. The van der Waals surface area contributed by atoms with Crippen molar-refractivity contribution in [3.8, 4) is 0 Å². The molecule has 2 rings (SSSR count). The molecule has 98 valence electrons. The SMILES string of the molecule is CCC(C(C)C)N1CC2CCCC2C1C(=O)O. The highest BCUT2D eigenvalue weighted by atomic mass is 16.4. The third-order valence-corrected chi connectivity index (χ3v) is 4.79. The summed E-state index contributed by atoms with van der Waals surface area (Å²) in [5.74, 6) is 1.00. The second-order valence-corrected chi connectivity index (χ2v) is 6.05. The summed E-state index contributed by atoms with van der Waals surface area (Å²) in [7, 11) is 0. The average molecular weight is 239 g/mol. The largest absolute Gasteiger partial charge is 0.480 e. The smallest absolute Gasteiger partial charge is 0.321 e. The molecule has 0 aromatic rings. The van der Waals surface area contributed by atoms with Gasteiger partial charge in [0.1, 0.15) is 6.04 Å². The molecule has 0 aromatic heterocycles. The van der Waals surface area contributed by atoms with Crippen molar-refractivity contribution in [1.29, 1.82) is 0 Å². The van der Waals surface area contributed by atoms with E-state index in [0.29, 0.717) is 23.8 Å². The van der Waals surface area contributed by atoms with Gasteiger partial charge in [-0.3, -0.25) is 9.69 Å². The summed E-state index contributed by atoms with van der Waals surface area (Å²) in [4.78, 5) is 13.8. The Hall–Kier alpha value is -0.570. The Morgan fingerprint density at radius 2 is 2.12 bits per heavy atom. The van der Waals surface area contributed by atoms with E-state index in [1.54, 1.807) is 0 Å². The van der Waals surface area contributed by atoms with Gasteiger partial charge >= 0.3 is 5.97 Å². The van der Waals surface area contributed by atoms with Crippen LogP contribution in [-0.2, 0) is 4.79 Å². The second-order valence-electron chi connectivity index (χ2n) is 6.05. The minimum Gasteiger partial charge on any atom is -0.480 e. The van der Waals surface area contributed by atoms with E-state index in [2.05, 4.69) is 25.7 Å². The Bertz CT molecular complexity index is 290. The Morgan fingerprint density at radius 3 is 2.65 bits per heavy atom. The van der Waals surface area contributed by atoms with Crippen LogP contribution in [0.2, 0.25) is 0 Å². The topological polar surface area (TPSA) is 40.5 Å². The van der Waals surface area contributed by atoms with Crippen LogP contribution in [0.25, 0.3) is 0 Å². The number of hydrogen-bond donors (Lipinski definition) is 1. The van der Waals surface area contributed by atoms with Gasteiger partial charge in [0.25, 0.3) is 0 Å². The molecule has 4 unspecified atom stereocenters. The molecule has 17 heavy (non-hydrogen) atoms. The lowest BCUT2D eigenvalue weighted by molar-refractivity contribution is -0.144. The standard InChI is InChI=1S/C14H25NO2/c1-4-12(9(2)3)15-8-10-6-5-7-11(10)13(15)14(16)17/h9-13H,4-8H2,1-3H3,(H,16,17). The van der Waals surface area contributed by atoms with Crippen LogP contribution in [-0.4, -0.2) is 34.6 Å². The van der Waals surface area contributed by atoms with Crippen molar-refractivity contribution < 1.29 is 9.90 Å². The van der Waals surface area contributed by atoms with E-state index >= 15 is 0 Å². The number of hydrogen-bond acceptors (Lipinski definition) is 2. The van der Waals surface area contributed by atoms with Crippen LogP contribution in [0.1, 0.15) is 46.5 Å². The summed E-state index contributed by atoms with van der Waals surface area (Å²) in [6.45, 7) is 7.61. The number of likely N-dealkylation sites (tertiary alicyclic amines) is 1. The van der Waals surface area contributed by atoms with E-state index in [9.17, 15) is 9.90 Å². The molecule has 3 heteroatoms. The van der Waals surface area contributed by atoms with Crippen LogP contribution in [0, 0.1) is 17.8 Å². The number of aliphatic carboxylic acids is 1. The number of carboxylic acid groups (broad SMARTS) is 1. The lowest BCUT2D eigenvalue weighted by Gasteiger charge is -2.34. The van der Waals surface area contributed by atoms with Gasteiger partial charge < -0.3 is 5.11 Å². The van der Waals surface area contributed by atoms with E-state index in [0.717, 1.165) is 19.4 Å². The number of fused-ring (bicyclic) bond motifs is 1. The molecule has 2 fully saturated rings. The zero-order valence-corrected chi connectivity index (χ0v) is 11.2. The zero-order chi connectivity index (χ0) is 12.6. The van der Waals surface area contributed by atoms with E-state index in [1.807, 2.05) is 0 Å². The van der Waals surface area contributed by atoms with Crippen LogP contribution in [0.5, 0.6) is 0 Å². The van der Waals surface area contributed by atoms with Crippen molar-refractivity contribution in [3.63, 3.8) is 0 Å². The molecule has 0 spiro atoms. The minimum absolute atomic E-state index is 0.213. The first-order valence-electron chi connectivity index (χ1n) is 7.04. The number of carboxylic acids is 1. The molecule has 1 heterocycles. The van der Waals surface area contributed by atoms with Crippen molar-refractivity contribution in [1.82, 2.24) is 4.90 Å². The van der Waals surface area contributed by atoms with Gasteiger partial charge in [0.2, 0.25) is 0 Å². The summed E-state index contributed by atoms with van der Waals surface area (Å²) < 4.78 is 0. The van der Waals surface area contributed by atoms with Crippen molar-refractivity contribution in [2.24, 2.45) is 17.8 Å². The molecular weight excluding hydrogens is 214 g/mol.